The summed E-state index contributed by atoms with van der Waals surface area (Å²) in [6.45, 7) is 9.23. The van der Waals surface area contributed by atoms with E-state index in [2.05, 4.69) is 17.0 Å². The normalized spacial score (nSPS) is 17.5. The van der Waals surface area contributed by atoms with Crippen LogP contribution >= 0.6 is 0 Å². The second-order valence-corrected chi connectivity index (χ2v) is 6.73. The van der Waals surface area contributed by atoms with Gasteiger partial charge in [-0.05, 0) is 38.8 Å². The summed E-state index contributed by atoms with van der Waals surface area (Å²) in [4.78, 5) is 17.3. The minimum atomic E-state index is 0.0391. The van der Waals surface area contributed by atoms with E-state index in [1.807, 2.05) is 24.0 Å². The Kier molecular flexibility index (Phi) is 5.58. The minimum absolute atomic E-state index is 0.0391. The lowest BCUT2D eigenvalue weighted by Crippen LogP contribution is -2.40. The lowest BCUT2D eigenvalue weighted by molar-refractivity contribution is 0.0755. The highest BCUT2D eigenvalue weighted by molar-refractivity contribution is 5.96. The van der Waals surface area contributed by atoms with Crippen molar-refractivity contribution in [1.82, 2.24) is 15.0 Å². The molecule has 0 saturated carbocycles. The van der Waals surface area contributed by atoms with Crippen LogP contribution in [0.4, 0.5) is 0 Å². The van der Waals surface area contributed by atoms with Crippen molar-refractivity contribution in [2.24, 2.45) is 0 Å². The zero-order valence-corrected chi connectivity index (χ0v) is 15.3. The summed E-state index contributed by atoms with van der Waals surface area (Å²) < 4.78 is 10.7. The highest BCUT2D eigenvalue weighted by Gasteiger charge is 2.27. The number of carbonyl (C=O) groups excluding carboxylic acids is 1. The molecule has 2 aromatic rings. The van der Waals surface area contributed by atoms with Gasteiger partial charge in [0.1, 0.15) is 17.1 Å². The van der Waals surface area contributed by atoms with Crippen molar-refractivity contribution in [3.05, 3.63) is 41.2 Å². The number of hydrogen-bond donors (Lipinski definition) is 0. The average Bonchev–Trinajstić information content (AvgIpc) is 3.15. The maximum atomic E-state index is 12.9. The van der Waals surface area contributed by atoms with Gasteiger partial charge in [-0.2, -0.15) is 0 Å². The van der Waals surface area contributed by atoms with Crippen molar-refractivity contribution in [3.63, 3.8) is 0 Å². The molecule has 1 aliphatic rings. The molecule has 0 bridgehead atoms. The van der Waals surface area contributed by atoms with Gasteiger partial charge in [-0.3, -0.25) is 9.69 Å². The Hall–Kier alpha value is -2.08. The van der Waals surface area contributed by atoms with E-state index >= 15 is 0 Å². The molecule has 2 aromatic heterocycles. The third-order valence-corrected chi connectivity index (χ3v) is 5.07. The fraction of sp³-hybridized carbons (Fsp3) is 0.579. The Morgan fingerprint density at radius 1 is 1.28 bits per heavy atom. The first-order valence-corrected chi connectivity index (χ1v) is 9.08. The van der Waals surface area contributed by atoms with E-state index in [1.54, 1.807) is 13.2 Å². The van der Waals surface area contributed by atoms with E-state index in [1.165, 1.54) is 0 Å². The predicted molar refractivity (Wildman–Crippen MR) is 94.6 cm³/mol. The van der Waals surface area contributed by atoms with Gasteiger partial charge < -0.3 is 13.8 Å². The van der Waals surface area contributed by atoms with Gasteiger partial charge in [0.25, 0.3) is 5.91 Å². The van der Waals surface area contributed by atoms with Crippen molar-refractivity contribution in [2.45, 2.75) is 46.1 Å². The number of amides is 1. The Balaban J connectivity index is 1.64. The topological polar surface area (TPSA) is 62.7 Å². The van der Waals surface area contributed by atoms with Gasteiger partial charge >= 0.3 is 0 Å². The minimum Gasteiger partial charge on any atom is -0.469 e. The van der Waals surface area contributed by atoms with Crippen LogP contribution in [0, 0.1) is 13.8 Å². The number of carbonyl (C=O) groups is 1. The van der Waals surface area contributed by atoms with Crippen molar-refractivity contribution >= 4 is 5.91 Å². The largest absolute Gasteiger partial charge is 0.469 e. The van der Waals surface area contributed by atoms with Crippen LogP contribution in [0.5, 0.6) is 0 Å². The lowest BCUT2D eigenvalue weighted by atomic mass is 10.1. The first kappa shape index (κ1) is 17.7. The second kappa shape index (κ2) is 7.87. The number of aryl methyl sites for hydroxylation is 2. The van der Waals surface area contributed by atoms with Crippen molar-refractivity contribution in [3.8, 4) is 0 Å². The number of rotatable bonds is 5. The molecule has 25 heavy (non-hydrogen) atoms. The average molecular weight is 345 g/mol. The number of aromatic nitrogens is 1. The third-order valence-electron chi connectivity index (χ3n) is 5.07. The molecular formula is C19H27N3O3. The third kappa shape index (κ3) is 3.95. The summed E-state index contributed by atoms with van der Waals surface area (Å²) in [6, 6.07) is 4.42. The van der Waals surface area contributed by atoms with E-state index in [0.717, 1.165) is 51.2 Å². The van der Waals surface area contributed by atoms with Crippen LogP contribution in [0.3, 0.4) is 0 Å². The van der Waals surface area contributed by atoms with Crippen LogP contribution in [-0.2, 0) is 6.42 Å². The van der Waals surface area contributed by atoms with Crippen molar-refractivity contribution in [2.75, 3.05) is 26.2 Å². The molecule has 1 fully saturated rings. The lowest BCUT2D eigenvalue weighted by Gasteiger charge is -2.29. The Labute approximate surface area is 148 Å². The summed E-state index contributed by atoms with van der Waals surface area (Å²) in [7, 11) is 0. The van der Waals surface area contributed by atoms with Crippen molar-refractivity contribution < 1.29 is 13.7 Å². The van der Waals surface area contributed by atoms with Crippen LogP contribution in [0.15, 0.2) is 27.3 Å². The van der Waals surface area contributed by atoms with Gasteiger partial charge in [-0.15, -0.1) is 0 Å². The van der Waals surface area contributed by atoms with Crippen LogP contribution in [0.2, 0.25) is 0 Å². The first-order chi connectivity index (χ1) is 12.1. The molecule has 1 saturated heterocycles. The number of furan rings is 1. The number of nitrogens with zero attached hydrogens (tertiary/aromatic N) is 3. The smallest absolute Gasteiger partial charge is 0.259 e. The Morgan fingerprint density at radius 2 is 2.12 bits per heavy atom. The SMILES string of the molecule is CCC(Cc1ccco1)N1CCCN(C(=O)c2c(C)noc2C)CC1. The highest BCUT2D eigenvalue weighted by atomic mass is 16.5. The molecule has 0 radical (unpaired) electrons. The predicted octanol–water partition coefficient (Wildman–Crippen LogP) is 3.05. The highest BCUT2D eigenvalue weighted by Crippen LogP contribution is 2.19. The van der Waals surface area contributed by atoms with Gasteiger partial charge in [-0.1, -0.05) is 12.1 Å². The second-order valence-electron chi connectivity index (χ2n) is 6.73. The molecule has 6 nitrogen and oxygen atoms in total. The van der Waals surface area contributed by atoms with Crippen LogP contribution in [0.25, 0.3) is 0 Å². The summed E-state index contributed by atoms with van der Waals surface area (Å²) in [5.41, 5.74) is 1.30. The maximum absolute atomic E-state index is 12.9. The molecule has 1 aliphatic heterocycles. The van der Waals surface area contributed by atoms with E-state index in [0.29, 0.717) is 23.1 Å². The van der Waals surface area contributed by atoms with Crippen LogP contribution in [-0.4, -0.2) is 53.1 Å². The molecule has 1 unspecified atom stereocenters. The van der Waals surface area contributed by atoms with E-state index in [4.69, 9.17) is 8.94 Å². The van der Waals surface area contributed by atoms with Crippen LogP contribution in [0.1, 0.15) is 47.3 Å². The summed E-state index contributed by atoms with van der Waals surface area (Å²) >= 11 is 0. The zero-order chi connectivity index (χ0) is 17.8. The molecule has 136 valence electrons. The molecular weight excluding hydrogens is 318 g/mol. The van der Waals surface area contributed by atoms with Gasteiger partial charge in [0.15, 0.2) is 0 Å². The van der Waals surface area contributed by atoms with Gasteiger partial charge in [-0.25, -0.2) is 0 Å². The van der Waals surface area contributed by atoms with E-state index in [-0.39, 0.29) is 5.91 Å². The summed E-state index contributed by atoms with van der Waals surface area (Å²) in [5.74, 6) is 1.67. The molecule has 0 spiro atoms. The fourth-order valence-electron chi connectivity index (χ4n) is 3.64. The fourth-order valence-corrected chi connectivity index (χ4v) is 3.64. The monoisotopic (exact) mass is 345 g/mol. The zero-order valence-electron chi connectivity index (χ0n) is 15.3. The maximum Gasteiger partial charge on any atom is 0.259 e. The van der Waals surface area contributed by atoms with Crippen molar-refractivity contribution in [1.29, 1.82) is 0 Å². The quantitative estimate of drug-likeness (QED) is 0.833. The van der Waals surface area contributed by atoms with Gasteiger partial charge in [0, 0.05) is 38.6 Å². The molecule has 3 rings (SSSR count). The molecule has 1 atom stereocenters. The Bertz CT molecular complexity index is 673. The van der Waals surface area contributed by atoms with Gasteiger partial charge in [0.2, 0.25) is 0 Å². The summed E-state index contributed by atoms with van der Waals surface area (Å²) in [5, 5.41) is 3.91. The molecule has 1 amide bonds. The molecule has 6 heteroatoms. The standard InChI is InChI=1S/C19H27N3O3/c1-4-16(13-17-7-5-12-24-17)21-8-6-9-22(11-10-21)19(23)18-14(2)20-25-15(18)3/h5,7,12,16H,4,6,8-11,13H2,1-3H3. The van der Waals surface area contributed by atoms with Gasteiger partial charge in [0.05, 0.1) is 12.0 Å². The molecule has 0 N–H and O–H groups in total. The van der Waals surface area contributed by atoms with E-state index < -0.39 is 0 Å². The number of hydrogen-bond acceptors (Lipinski definition) is 5. The Morgan fingerprint density at radius 3 is 2.76 bits per heavy atom. The molecule has 0 aromatic carbocycles. The van der Waals surface area contributed by atoms with E-state index in [9.17, 15) is 4.79 Å². The summed E-state index contributed by atoms with van der Waals surface area (Å²) in [6.07, 6.45) is 4.69. The molecule has 3 heterocycles. The first-order valence-electron chi connectivity index (χ1n) is 9.08. The molecule has 0 aliphatic carbocycles. The van der Waals surface area contributed by atoms with Crippen LogP contribution < -0.4 is 0 Å².